The molecule has 2 amide bonds. The third-order valence-corrected chi connectivity index (χ3v) is 6.28. The fourth-order valence-corrected chi connectivity index (χ4v) is 4.22. The van der Waals surface area contributed by atoms with E-state index >= 15 is 0 Å². The van der Waals surface area contributed by atoms with Gasteiger partial charge < -0.3 is 25.0 Å². The molecular formula is C23H34N4O4. The summed E-state index contributed by atoms with van der Waals surface area (Å²) in [7, 11) is 1.37. The number of hydrogen-bond acceptors (Lipinski definition) is 6. The molecule has 3 aliphatic rings. The highest BCUT2D eigenvalue weighted by Crippen LogP contribution is 2.41. The van der Waals surface area contributed by atoms with E-state index in [1.807, 2.05) is 4.90 Å². The molecule has 1 saturated heterocycles. The molecule has 2 saturated carbocycles. The van der Waals surface area contributed by atoms with Crippen molar-refractivity contribution in [1.29, 1.82) is 0 Å². The third kappa shape index (κ3) is 5.74. The Morgan fingerprint density at radius 1 is 1.32 bits per heavy atom. The molecule has 0 bridgehead atoms. The van der Waals surface area contributed by atoms with E-state index in [2.05, 4.69) is 34.4 Å². The predicted molar refractivity (Wildman–Crippen MR) is 116 cm³/mol. The molecule has 1 aromatic heterocycles. The van der Waals surface area contributed by atoms with Gasteiger partial charge in [0.2, 0.25) is 0 Å². The summed E-state index contributed by atoms with van der Waals surface area (Å²) in [6.45, 7) is 4.63. The molecule has 8 nitrogen and oxygen atoms in total. The summed E-state index contributed by atoms with van der Waals surface area (Å²) in [5.74, 6) is 0.630. The lowest BCUT2D eigenvalue weighted by Gasteiger charge is -2.34. The maximum atomic E-state index is 13.3. The van der Waals surface area contributed by atoms with Crippen LogP contribution in [0.1, 0.15) is 67.9 Å². The number of nitrogens with zero attached hydrogens (tertiary/aromatic N) is 2. The van der Waals surface area contributed by atoms with Gasteiger partial charge in [-0.25, -0.2) is 4.79 Å². The van der Waals surface area contributed by atoms with E-state index in [4.69, 9.17) is 9.72 Å². The van der Waals surface area contributed by atoms with Crippen molar-refractivity contribution in [2.24, 2.45) is 0 Å². The number of carbonyl (C=O) groups excluding carboxylic acids is 2. The number of aryl methyl sites for hydroxylation is 1. The van der Waals surface area contributed by atoms with Crippen molar-refractivity contribution < 1.29 is 19.1 Å². The minimum absolute atomic E-state index is 0.0158. The highest BCUT2D eigenvalue weighted by molar-refractivity contribution is 5.82. The van der Waals surface area contributed by atoms with Crippen LogP contribution in [-0.4, -0.2) is 67.4 Å². The zero-order chi connectivity index (χ0) is 21.8. The molecule has 3 fully saturated rings. The molecule has 1 aliphatic heterocycles. The molecule has 2 N–H and O–H groups in total. The van der Waals surface area contributed by atoms with Gasteiger partial charge in [0.1, 0.15) is 6.10 Å². The number of methoxy groups -OCH3 is 1. The number of ether oxygens (including phenoxy) is 2. The minimum atomic E-state index is -0.410. The molecule has 8 heteroatoms. The van der Waals surface area contributed by atoms with Crippen LogP contribution in [0.25, 0.3) is 0 Å². The van der Waals surface area contributed by atoms with Crippen LogP contribution in [0, 0.1) is 0 Å². The van der Waals surface area contributed by atoms with Crippen LogP contribution in [0.4, 0.5) is 4.79 Å². The van der Waals surface area contributed by atoms with E-state index in [1.54, 1.807) is 0 Å². The zero-order valence-corrected chi connectivity index (χ0v) is 18.6. The van der Waals surface area contributed by atoms with Gasteiger partial charge in [0.15, 0.2) is 0 Å². The standard InChI is InChI=1S/C23H34N4O4/c1-15(27(19-7-8-19)22(28)21-14-24-10-11-31-21)17-12-18(4-3-9-25-23(29)30-2)26-20(13-17)16-5-6-16/h12-13,15-16,19,21,24H,3-11,14H2,1-2H3,(H,25,29)/t15-,21-/m1/s1. The Morgan fingerprint density at radius 3 is 2.77 bits per heavy atom. The summed E-state index contributed by atoms with van der Waals surface area (Å²) < 4.78 is 10.4. The Hall–Kier alpha value is -2.19. The second-order valence-corrected chi connectivity index (χ2v) is 8.83. The number of rotatable bonds is 9. The number of alkyl carbamates (subject to hydrolysis) is 1. The van der Waals surface area contributed by atoms with Gasteiger partial charge in [-0.15, -0.1) is 0 Å². The van der Waals surface area contributed by atoms with Crippen LogP contribution in [-0.2, 0) is 20.7 Å². The summed E-state index contributed by atoms with van der Waals surface area (Å²) in [6.07, 6.45) is 5.24. The predicted octanol–water partition coefficient (Wildman–Crippen LogP) is 2.29. The van der Waals surface area contributed by atoms with Gasteiger partial charge in [-0.2, -0.15) is 0 Å². The first kappa shape index (κ1) is 22.0. The summed E-state index contributed by atoms with van der Waals surface area (Å²) in [5, 5.41) is 5.99. The van der Waals surface area contributed by atoms with Crippen molar-refractivity contribution >= 4 is 12.0 Å². The molecule has 0 spiro atoms. The highest BCUT2D eigenvalue weighted by atomic mass is 16.5. The van der Waals surface area contributed by atoms with Crippen molar-refractivity contribution in [3.63, 3.8) is 0 Å². The number of nitrogens with one attached hydrogen (secondary N) is 2. The number of pyridine rings is 1. The van der Waals surface area contributed by atoms with Crippen LogP contribution in [0.3, 0.4) is 0 Å². The number of morpholine rings is 1. The summed E-state index contributed by atoms with van der Waals surface area (Å²) in [4.78, 5) is 31.5. The van der Waals surface area contributed by atoms with Crippen LogP contribution in [0.5, 0.6) is 0 Å². The maximum Gasteiger partial charge on any atom is 0.406 e. The number of amides is 2. The number of aromatic nitrogens is 1. The van der Waals surface area contributed by atoms with E-state index in [-0.39, 0.29) is 11.9 Å². The smallest absolute Gasteiger partial charge is 0.406 e. The number of hydrogen-bond donors (Lipinski definition) is 2. The summed E-state index contributed by atoms with van der Waals surface area (Å²) in [5.41, 5.74) is 3.31. The lowest BCUT2D eigenvalue weighted by atomic mass is 10.0. The van der Waals surface area contributed by atoms with Gasteiger partial charge in [0, 0.05) is 43.0 Å². The van der Waals surface area contributed by atoms with E-state index in [9.17, 15) is 9.59 Å². The lowest BCUT2D eigenvalue weighted by Crippen LogP contribution is -2.50. The topological polar surface area (TPSA) is 92.8 Å². The molecule has 170 valence electrons. The lowest BCUT2D eigenvalue weighted by molar-refractivity contribution is -0.148. The quantitative estimate of drug-likeness (QED) is 0.584. The Bertz CT molecular complexity index is 788. The SMILES string of the molecule is COC(=O)NCCCc1cc([C@@H](C)N(C(=O)[C@H]2CNCCO2)C2CC2)cc(C2CC2)n1. The van der Waals surface area contributed by atoms with Crippen molar-refractivity contribution in [3.8, 4) is 0 Å². The zero-order valence-electron chi connectivity index (χ0n) is 18.6. The van der Waals surface area contributed by atoms with Crippen LogP contribution in [0.2, 0.25) is 0 Å². The molecule has 0 radical (unpaired) electrons. The van der Waals surface area contributed by atoms with E-state index in [0.29, 0.717) is 31.7 Å². The van der Waals surface area contributed by atoms with Crippen molar-refractivity contribution in [3.05, 3.63) is 29.1 Å². The first-order chi connectivity index (χ1) is 15.1. The molecule has 4 rings (SSSR count). The van der Waals surface area contributed by atoms with Crippen molar-refractivity contribution in [2.75, 3.05) is 33.4 Å². The minimum Gasteiger partial charge on any atom is -0.453 e. The summed E-state index contributed by atoms with van der Waals surface area (Å²) >= 11 is 0. The highest BCUT2D eigenvalue weighted by Gasteiger charge is 2.40. The molecule has 2 atom stereocenters. The van der Waals surface area contributed by atoms with Gasteiger partial charge in [0.25, 0.3) is 5.91 Å². The average Bonchev–Trinajstić information content (AvgIpc) is 3.70. The van der Waals surface area contributed by atoms with E-state index in [1.165, 1.54) is 20.0 Å². The first-order valence-electron chi connectivity index (χ1n) is 11.5. The second-order valence-electron chi connectivity index (χ2n) is 8.83. The van der Waals surface area contributed by atoms with Gasteiger partial charge in [-0.1, -0.05) is 0 Å². The largest absolute Gasteiger partial charge is 0.453 e. The monoisotopic (exact) mass is 430 g/mol. The fraction of sp³-hybridized carbons (Fsp3) is 0.696. The Kier molecular flexibility index (Phi) is 7.07. The Labute approximate surface area is 184 Å². The molecule has 0 unspecified atom stereocenters. The van der Waals surface area contributed by atoms with Crippen molar-refractivity contribution in [2.45, 2.75) is 69.6 Å². The maximum absolute atomic E-state index is 13.3. The van der Waals surface area contributed by atoms with Crippen LogP contribution in [0.15, 0.2) is 12.1 Å². The average molecular weight is 431 g/mol. The fourth-order valence-electron chi connectivity index (χ4n) is 4.22. The Balaban J connectivity index is 1.48. The normalized spacial score (nSPS) is 21.9. The number of carbonyl (C=O) groups is 2. The first-order valence-corrected chi connectivity index (χ1v) is 11.5. The summed E-state index contributed by atoms with van der Waals surface area (Å²) in [6, 6.07) is 4.62. The second kappa shape index (κ2) is 9.96. The third-order valence-electron chi connectivity index (χ3n) is 6.28. The van der Waals surface area contributed by atoms with Crippen LogP contribution < -0.4 is 10.6 Å². The van der Waals surface area contributed by atoms with Gasteiger partial charge in [-0.05, 0) is 63.1 Å². The molecular weight excluding hydrogens is 396 g/mol. The van der Waals surface area contributed by atoms with Gasteiger partial charge in [0.05, 0.1) is 19.8 Å². The molecule has 0 aromatic carbocycles. The van der Waals surface area contributed by atoms with Crippen LogP contribution >= 0.6 is 0 Å². The molecule has 2 heterocycles. The van der Waals surface area contributed by atoms with Crippen molar-refractivity contribution in [1.82, 2.24) is 20.5 Å². The molecule has 31 heavy (non-hydrogen) atoms. The molecule has 1 aromatic rings. The van der Waals surface area contributed by atoms with E-state index in [0.717, 1.165) is 49.2 Å². The van der Waals surface area contributed by atoms with Gasteiger partial charge >= 0.3 is 6.09 Å². The van der Waals surface area contributed by atoms with E-state index < -0.39 is 12.2 Å². The molecule has 2 aliphatic carbocycles. The van der Waals surface area contributed by atoms with Gasteiger partial charge in [-0.3, -0.25) is 9.78 Å². The Morgan fingerprint density at radius 2 is 2.13 bits per heavy atom.